The van der Waals surface area contributed by atoms with Gasteiger partial charge in [0.05, 0.1) is 6.61 Å². The van der Waals surface area contributed by atoms with Crippen molar-refractivity contribution >= 4 is 6.29 Å². The van der Waals surface area contributed by atoms with Crippen LogP contribution in [0.3, 0.4) is 0 Å². The van der Waals surface area contributed by atoms with E-state index in [4.69, 9.17) is 20.4 Å². The van der Waals surface area contributed by atoms with Crippen LogP contribution in [0, 0.1) is 0 Å². The van der Waals surface area contributed by atoms with Gasteiger partial charge in [-0.1, -0.05) is 0 Å². The van der Waals surface area contributed by atoms with Gasteiger partial charge in [-0.15, -0.1) is 0 Å². The first kappa shape index (κ1) is 14.7. The van der Waals surface area contributed by atoms with E-state index in [1.54, 1.807) is 0 Å². The maximum Gasteiger partial charge on any atom is 1.00 e. The number of aliphatic hydroxyl groups excluding tert-OH is 4. The Morgan fingerprint density at radius 1 is 1.36 bits per heavy atom. The van der Waals surface area contributed by atoms with Crippen LogP contribution < -0.4 is 51.4 Å². The third-order valence-corrected chi connectivity index (χ3v) is 1.07. The van der Waals surface area contributed by atoms with Crippen molar-refractivity contribution in [2.75, 3.05) is 6.61 Å². The van der Waals surface area contributed by atoms with E-state index in [2.05, 4.69) is 0 Å². The van der Waals surface area contributed by atoms with Gasteiger partial charge >= 0.3 is 51.4 Å². The molecule has 0 aliphatic carbocycles. The summed E-state index contributed by atoms with van der Waals surface area (Å²) in [4.78, 5) is 9.76. The summed E-state index contributed by atoms with van der Waals surface area (Å²) in [5, 5.41) is 34.1. The zero-order valence-corrected chi connectivity index (χ0v) is 9.34. The van der Waals surface area contributed by atoms with Crippen molar-refractivity contribution in [3.8, 4) is 0 Å². The van der Waals surface area contributed by atoms with Gasteiger partial charge in [0.25, 0.3) is 0 Å². The third kappa shape index (κ3) is 5.40. The van der Waals surface area contributed by atoms with Gasteiger partial charge in [0.15, 0.2) is 6.29 Å². The van der Waals surface area contributed by atoms with Crippen LogP contribution in [0.4, 0.5) is 0 Å². The van der Waals surface area contributed by atoms with E-state index in [9.17, 15) is 4.79 Å². The summed E-state index contributed by atoms with van der Waals surface area (Å²) >= 11 is 0. The summed E-state index contributed by atoms with van der Waals surface area (Å²) in [7, 11) is 0. The van der Waals surface area contributed by atoms with E-state index in [0.29, 0.717) is 0 Å². The molecule has 62 valence electrons. The van der Waals surface area contributed by atoms with Crippen LogP contribution in [0.5, 0.6) is 0 Å². The zero-order chi connectivity index (χ0) is 8.15. The second kappa shape index (κ2) is 7.78. The average Bonchev–Trinajstić information content (AvgIpc) is 2.00. The van der Waals surface area contributed by atoms with Crippen molar-refractivity contribution in [2.45, 2.75) is 18.3 Å². The SMILES string of the molecule is O=C[C@H](O)[C@@H](O)[C@H](O)CO.[H-].[K+]. The van der Waals surface area contributed by atoms with E-state index < -0.39 is 24.9 Å². The smallest absolute Gasteiger partial charge is 1.00 e. The predicted molar refractivity (Wildman–Crippen MR) is 32.3 cm³/mol. The van der Waals surface area contributed by atoms with Gasteiger partial charge in [-0.05, 0) is 0 Å². The second-order valence-electron chi connectivity index (χ2n) is 1.87. The first-order chi connectivity index (χ1) is 4.63. The molecule has 0 heterocycles. The molecule has 0 aromatic rings. The van der Waals surface area contributed by atoms with Gasteiger partial charge in [0, 0.05) is 0 Å². The molecule has 0 saturated heterocycles. The molecular formula is C5H11KO5. The normalized spacial score (nSPS) is 17.8. The van der Waals surface area contributed by atoms with Crippen molar-refractivity contribution in [3.63, 3.8) is 0 Å². The maximum absolute atomic E-state index is 9.76. The number of aldehydes is 1. The molecule has 5 nitrogen and oxygen atoms in total. The molecule has 0 radical (unpaired) electrons. The van der Waals surface area contributed by atoms with Crippen molar-refractivity contribution in [2.24, 2.45) is 0 Å². The first-order valence-electron chi connectivity index (χ1n) is 2.73. The fourth-order valence-electron chi connectivity index (χ4n) is 0.416. The monoisotopic (exact) mass is 190 g/mol. The summed E-state index contributed by atoms with van der Waals surface area (Å²) in [6.45, 7) is -0.688. The van der Waals surface area contributed by atoms with E-state index in [-0.39, 0.29) is 59.1 Å². The van der Waals surface area contributed by atoms with Crippen LogP contribution in [-0.4, -0.2) is 51.6 Å². The van der Waals surface area contributed by atoms with E-state index in [1.165, 1.54) is 0 Å². The minimum absolute atomic E-state index is 0. The van der Waals surface area contributed by atoms with Crippen LogP contribution in [-0.2, 0) is 4.79 Å². The number of carbonyl (C=O) groups is 1. The minimum atomic E-state index is -1.64. The molecular weight excluding hydrogens is 179 g/mol. The number of hydrogen-bond acceptors (Lipinski definition) is 5. The Kier molecular flexibility index (Phi) is 10.4. The molecule has 0 unspecified atom stereocenters. The minimum Gasteiger partial charge on any atom is -1.00 e. The van der Waals surface area contributed by atoms with E-state index in [1.807, 2.05) is 0 Å². The van der Waals surface area contributed by atoms with Crippen LogP contribution in [0.1, 0.15) is 1.43 Å². The standard InChI is InChI=1S/C5H10O5.K.H/c6-1-3(8)5(10)4(9)2-7;;/h1,3-5,7-10H,2H2;;/q;+1;-1/t3-,4+,5+;;/m0../s1. The molecule has 0 amide bonds. The quantitative estimate of drug-likeness (QED) is 0.262. The molecule has 0 fully saturated rings. The average molecular weight is 190 g/mol. The Labute approximate surface area is 108 Å². The molecule has 6 heteroatoms. The topological polar surface area (TPSA) is 98.0 Å². The second-order valence-corrected chi connectivity index (χ2v) is 1.87. The molecule has 0 aliphatic rings. The summed E-state index contributed by atoms with van der Waals surface area (Å²) in [5.41, 5.74) is 0. The van der Waals surface area contributed by atoms with Gasteiger partial charge in [0.1, 0.15) is 18.3 Å². The molecule has 11 heavy (non-hydrogen) atoms. The van der Waals surface area contributed by atoms with Crippen molar-refractivity contribution < 1.29 is 78.0 Å². The van der Waals surface area contributed by atoms with Crippen molar-refractivity contribution in [3.05, 3.63) is 0 Å². The Hall–Kier alpha value is 1.15. The zero-order valence-electron chi connectivity index (χ0n) is 7.21. The van der Waals surface area contributed by atoms with E-state index in [0.717, 1.165) is 0 Å². The number of rotatable bonds is 4. The molecule has 0 spiro atoms. The molecule has 0 aromatic heterocycles. The third-order valence-electron chi connectivity index (χ3n) is 1.07. The molecule has 4 N–H and O–H groups in total. The van der Waals surface area contributed by atoms with Gasteiger partial charge < -0.3 is 26.6 Å². The van der Waals surface area contributed by atoms with Gasteiger partial charge in [0.2, 0.25) is 0 Å². The predicted octanol–water partition coefficient (Wildman–Crippen LogP) is -5.62. The number of hydrogen-bond donors (Lipinski definition) is 4. The summed E-state index contributed by atoms with van der Waals surface area (Å²) < 4.78 is 0. The molecule has 0 saturated carbocycles. The van der Waals surface area contributed by atoms with E-state index >= 15 is 0 Å². The molecule has 0 bridgehead atoms. The van der Waals surface area contributed by atoms with Crippen molar-refractivity contribution in [1.29, 1.82) is 0 Å². The molecule has 0 aromatic carbocycles. The van der Waals surface area contributed by atoms with Crippen LogP contribution >= 0.6 is 0 Å². The van der Waals surface area contributed by atoms with Crippen LogP contribution in [0.15, 0.2) is 0 Å². The van der Waals surface area contributed by atoms with Gasteiger partial charge in [-0.3, -0.25) is 0 Å². The number of aliphatic hydroxyl groups is 4. The Bertz CT molecular complexity index is 114. The Balaban J connectivity index is -0.000000405. The molecule has 3 atom stereocenters. The van der Waals surface area contributed by atoms with Gasteiger partial charge in [-0.2, -0.15) is 0 Å². The Morgan fingerprint density at radius 2 is 1.82 bits per heavy atom. The maximum atomic E-state index is 9.76. The summed E-state index contributed by atoms with van der Waals surface area (Å²) in [5.74, 6) is 0. The van der Waals surface area contributed by atoms with Crippen molar-refractivity contribution in [1.82, 2.24) is 0 Å². The largest absolute Gasteiger partial charge is 1.00 e. The van der Waals surface area contributed by atoms with Crippen LogP contribution in [0.2, 0.25) is 0 Å². The summed E-state index contributed by atoms with van der Waals surface area (Å²) in [6, 6.07) is 0. The Morgan fingerprint density at radius 3 is 2.09 bits per heavy atom. The van der Waals surface area contributed by atoms with Gasteiger partial charge in [-0.25, -0.2) is 0 Å². The fourth-order valence-corrected chi connectivity index (χ4v) is 0.416. The fraction of sp³-hybridized carbons (Fsp3) is 0.800. The molecule has 0 aliphatic heterocycles. The first-order valence-corrected chi connectivity index (χ1v) is 2.73. The van der Waals surface area contributed by atoms with Crippen LogP contribution in [0.25, 0.3) is 0 Å². The molecule has 0 rings (SSSR count). The number of carbonyl (C=O) groups excluding carboxylic acids is 1. The summed E-state index contributed by atoms with van der Waals surface area (Å²) in [6.07, 6.45) is -4.63.